The fourth-order valence-electron chi connectivity index (χ4n) is 3.20. The molecule has 0 aliphatic heterocycles. The number of thioether (sulfide) groups is 1. The molecule has 0 aliphatic carbocycles. The molecule has 10 nitrogen and oxygen atoms in total. The number of nitrogens with one attached hydrogen (secondary N) is 4. The molecule has 0 bridgehead atoms. The van der Waals surface area contributed by atoms with E-state index < -0.39 is 0 Å². The molecule has 0 radical (unpaired) electrons. The van der Waals surface area contributed by atoms with Gasteiger partial charge in [0.05, 0.1) is 0 Å². The van der Waals surface area contributed by atoms with Crippen LogP contribution in [0.3, 0.4) is 0 Å². The van der Waals surface area contributed by atoms with Crippen LogP contribution in [0, 0.1) is 13.8 Å². The van der Waals surface area contributed by atoms with Gasteiger partial charge in [0, 0.05) is 24.2 Å². The lowest BCUT2D eigenvalue weighted by Gasteiger charge is -2.05. The van der Waals surface area contributed by atoms with Crippen LogP contribution in [-0.4, -0.2) is 44.0 Å². The molecular formula is C24H26N8O2S3. The molecule has 2 heterocycles. The van der Waals surface area contributed by atoms with Crippen LogP contribution in [-0.2, 0) is 12.8 Å². The molecule has 0 saturated carbocycles. The quantitative estimate of drug-likeness (QED) is 0.182. The van der Waals surface area contributed by atoms with Crippen LogP contribution >= 0.6 is 34.4 Å². The van der Waals surface area contributed by atoms with Gasteiger partial charge in [0.15, 0.2) is 0 Å². The molecule has 0 aliphatic rings. The molecule has 2 aromatic carbocycles. The predicted octanol–water partition coefficient (Wildman–Crippen LogP) is 5.81. The van der Waals surface area contributed by atoms with Gasteiger partial charge in [0.25, 0.3) is 0 Å². The average Bonchev–Trinajstić information content (AvgIpc) is 3.48. The van der Waals surface area contributed by atoms with Crippen molar-refractivity contribution >= 4 is 68.1 Å². The summed E-state index contributed by atoms with van der Waals surface area (Å²) in [4.78, 5) is 24.3. The normalized spacial score (nSPS) is 10.6. The van der Waals surface area contributed by atoms with Crippen LogP contribution < -0.4 is 21.3 Å². The minimum atomic E-state index is -0.346. The number of amides is 4. The smallest absolute Gasteiger partial charge is 0.308 e. The highest BCUT2D eigenvalue weighted by Crippen LogP contribution is 2.20. The molecular weight excluding hydrogens is 529 g/mol. The largest absolute Gasteiger partial charge is 0.325 e. The van der Waals surface area contributed by atoms with Crippen molar-refractivity contribution in [1.29, 1.82) is 0 Å². The zero-order valence-electron chi connectivity index (χ0n) is 20.3. The second-order valence-corrected chi connectivity index (χ2v) is 11.4. The fraction of sp³-hybridized carbons (Fsp3) is 0.250. The van der Waals surface area contributed by atoms with Gasteiger partial charge in [0.1, 0.15) is 10.0 Å². The molecule has 4 N–H and O–H groups in total. The average molecular weight is 555 g/mol. The Bertz CT molecular complexity index is 1260. The minimum absolute atomic E-state index is 0.346. The van der Waals surface area contributed by atoms with Crippen molar-refractivity contribution in [3.8, 4) is 0 Å². The predicted molar refractivity (Wildman–Crippen MR) is 152 cm³/mol. The lowest BCUT2D eigenvalue weighted by molar-refractivity contribution is 0.261. The number of aryl methyl sites for hydroxylation is 4. The van der Waals surface area contributed by atoms with Crippen molar-refractivity contribution in [2.24, 2.45) is 0 Å². The molecule has 37 heavy (non-hydrogen) atoms. The standard InChI is InChI=1S/C24H26N8O2S3/c1-15-5-3-7-17(13-15)25-21(33)27-23-31-29-19(36-23)9-11-35-12-10-20-30-32-24(37-20)28-22(34)26-18-8-4-6-16(2)14-18/h3-8,13-14H,9-12H2,1-2H3,(H2,25,27,31,33)(H2,26,28,32,34). The fourth-order valence-corrected chi connectivity index (χ4v) is 5.80. The third kappa shape index (κ3) is 8.81. The Hall–Kier alpha value is -3.55. The van der Waals surface area contributed by atoms with E-state index in [-0.39, 0.29) is 12.1 Å². The van der Waals surface area contributed by atoms with Crippen LogP contribution in [0.2, 0.25) is 0 Å². The summed E-state index contributed by atoms with van der Waals surface area (Å²) in [5.41, 5.74) is 3.58. The van der Waals surface area contributed by atoms with Crippen molar-refractivity contribution in [3.05, 3.63) is 69.7 Å². The van der Waals surface area contributed by atoms with E-state index in [1.807, 2.05) is 62.4 Å². The maximum absolute atomic E-state index is 12.2. The van der Waals surface area contributed by atoms with E-state index in [1.165, 1.54) is 22.7 Å². The highest BCUT2D eigenvalue weighted by atomic mass is 32.2. The summed E-state index contributed by atoms with van der Waals surface area (Å²) in [7, 11) is 0. The van der Waals surface area contributed by atoms with Crippen LogP contribution in [0.15, 0.2) is 48.5 Å². The number of benzene rings is 2. The van der Waals surface area contributed by atoms with E-state index in [4.69, 9.17) is 0 Å². The topological polar surface area (TPSA) is 134 Å². The molecule has 2 aromatic heterocycles. The van der Waals surface area contributed by atoms with E-state index in [0.29, 0.717) is 10.3 Å². The van der Waals surface area contributed by atoms with Gasteiger partial charge >= 0.3 is 12.1 Å². The highest BCUT2D eigenvalue weighted by molar-refractivity contribution is 7.99. The molecule has 0 saturated heterocycles. The Kier molecular flexibility index (Phi) is 9.40. The second kappa shape index (κ2) is 13.1. The lowest BCUT2D eigenvalue weighted by Crippen LogP contribution is -2.19. The van der Waals surface area contributed by atoms with Crippen LogP contribution in [0.1, 0.15) is 21.1 Å². The Balaban J connectivity index is 1.12. The number of carbonyl (C=O) groups is 2. The summed E-state index contributed by atoms with van der Waals surface area (Å²) in [6.45, 7) is 3.93. The van der Waals surface area contributed by atoms with E-state index in [2.05, 4.69) is 41.7 Å². The first-order valence-electron chi connectivity index (χ1n) is 11.4. The summed E-state index contributed by atoms with van der Waals surface area (Å²) in [6, 6.07) is 14.5. The summed E-state index contributed by atoms with van der Waals surface area (Å²) in [6.07, 6.45) is 1.51. The maximum atomic E-state index is 12.2. The highest BCUT2D eigenvalue weighted by Gasteiger charge is 2.10. The molecule has 4 aromatic rings. The van der Waals surface area contributed by atoms with E-state index in [9.17, 15) is 9.59 Å². The van der Waals surface area contributed by atoms with Crippen LogP contribution in [0.4, 0.5) is 31.2 Å². The monoisotopic (exact) mass is 554 g/mol. The molecule has 0 spiro atoms. The maximum Gasteiger partial charge on any atom is 0.325 e. The van der Waals surface area contributed by atoms with Gasteiger partial charge in [-0.25, -0.2) is 9.59 Å². The van der Waals surface area contributed by atoms with Gasteiger partial charge in [-0.15, -0.1) is 20.4 Å². The first kappa shape index (κ1) is 26.5. The van der Waals surface area contributed by atoms with E-state index >= 15 is 0 Å². The SMILES string of the molecule is Cc1cccc(NC(=O)Nc2nnc(CCSCCc3nnc(NC(=O)Nc4cccc(C)c4)s3)s2)c1. The number of nitrogens with zero attached hydrogens (tertiary/aromatic N) is 4. The van der Waals surface area contributed by atoms with Gasteiger partial charge in [-0.2, -0.15) is 11.8 Å². The zero-order valence-corrected chi connectivity index (χ0v) is 22.7. The summed E-state index contributed by atoms with van der Waals surface area (Å²) in [5.74, 6) is 1.74. The summed E-state index contributed by atoms with van der Waals surface area (Å²) in [5, 5.41) is 30.1. The second-order valence-electron chi connectivity index (χ2n) is 8.01. The van der Waals surface area contributed by atoms with Gasteiger partial charge in [-0.3, -0.25) is 10.6 Å². The first-order valence-corrected chi connectivity index (χ1v) is 14.2. The van der Waals surface area contributed by atoms with Gasteiger partial charge < -0.3 is 10.6 Å². The zero-order chi connectivity index (χ0) is 26.0. The number of aromatic nitrogens is 4. The molecule has 4 amide bonds. The van der Waals surface area contributed by atoms with Crippen molar-refractivity contribution in [2.45, 2.75) is 26.7 Å². The molecule has 4 rings (SSSR count). The van der Waals surface area contributed by atoms with E-state index in [1.54, 1.807) is 11.8 Å². The third-order valence-corrected chi connectivity index (χ3v) is 7.63. The molecule has 192 valence electrons. The number of hydrogen-bond acceptors (Lipinski definition) is 9. The third-order valence-electron chi connectivity index (χ3n) is 4.85. The Morgan fingerprint density at radius 3 is 1.59 bits per heavy atom. The Labute approximate surface area is 226 Å². The van der Waals surface area contributed by atoms with Crippen LogP contribution in [0.25, 0.3) is 0 Å². The molecule has 13 heteroatoms. The van der Waals surface area contributed by atoms with E-state index in [0.717, 1.165) is 56.9 Å². The molecule has 0 fully saturated rings. The molecule has 0 atom stereocenters. The minimum Gasteiger partial charge on any atom is -0.308 e. The molecule has 0 unspecified atom stereocenters. The van der Waals surface area contributed by atoms with Gasteiger partial charge in [0.2, 0.25) is 10.3 Å². The summed E-state index contributed by atoms with van der Waals surface area (Å²) < 4.78 is 0. The van der Waals surface area contributed by atoms with Gasteiger partial charge in [-0.05, 0) is 60.7 Å². The number of urea groups is 2. The lowest BCUT2D eigenvalue weighted by atomic mass is 10.2. The van der Waals surface area contributed by atoms with Crippen molar-refractivity contribution in [3.63, 3.8) is 0 Å². The van der Waals surface area contributed by atoms with Crippen molar-refractivity contribution < 1.29 is 9.59 Å². The van der Waals surface area contributed by atoms with Crippen LogP contribution in [0.5, 0.6) is 0 Å². The number of anilines is 4. The first-order chi connectivity index (χ1) is 17.9. The Morgan fingerprint density at radius 1 is 0.703 bits per heavy atom. The van der Waals surface area contributed by atoms with Gasteiger partial charge in [-0.1, -0.05) is 46.9 Å². The Morgan fingerprint density at radius 2 is 1.16 bits per heavy atom. The number of carbonyl (C=O) groups excluding carboxylic acids is 2. The number of hydrogen-bond donors (Lipinski definition) is 4. The number of rotatable bonds is 10. The van der Waals surface area contributed by atoms with Crippen molar-refractivity contribution in [2.75, 3.05) is 32.8 Å². The summed E-state index contributed by atoms with van der Waals surface area (Å²) >= 11 is 4.51. The van der Waals surface area contributed by atoms with Crippen molar-refractivity contribution in [1.82, 2.24) is 20.4 Å².